The number of carbonyl (C=O) groups is 1. The summed E-state index contributed by atoms with van der Waals surface area (Å²) in [6, 6.07) is 5.20. The van der Waals surface area contributed by atoms with Gasteiger partial charge in [0.1, 0.15) is 11.6 Å². The first-order valence-electron chi connectivity index (χ1n) is 7.80. The molecule has 1 N–H and O–H groups in total. The summed E-state index contributed by atoms with van der Waals surface area (Å²) < 4.78 is 7.80. The Kier molecular flexibility index (Phi) is 4.57. The number of nitrogens with zero attached hydrogens (tertiary/aromatic N) is 2. The van der Waals surface area contributed by atoms with E-state index in [1.54, 1.807) is 24.4 Å². The second kappa shape index (κ2) is 6.62. The van der Waals surface area contributed by atoms with Crippen LogP contribution in [0, 0.1) is 0 Å². The van der Waals surface area contributed by atoms with E-state index in [0.29, 0.717) is 16.3 Å². The van der Waals surface area contributed by atoms with Gasteiger partial charge in [0.25, 0.3) is 5.91 Å². The second-order valence-electron chi connectivity index (χ2n) is 6.01. The molecular formula is C17H20ClN3O2. The predicted octanol–water partition coefficient (Wildman–Crippen LogP) is 3.07. The smallest absolute Gasteiger partial charge is 0.255 e. The number of ether oxygens (including phenoxy) is 1. The first-order valence-corrected chi connectivity index (χ1v) is 8.18. The van der Waals surface area contributed by atoms with Crippen molar-refractivity contribution in [1.82, 2.24) is 14.9 Å². The Balaban J connectivity index is 1.74. The highest BCUT2D eigenvalue weighted by molar-refractivity contribution is 6.31. The number of imidazole rings is 1. The average molecular weight is 334 g/mol. The first kappa shape index (κ1) is 15.9. The summed E-state index contributed by atoms with van der Waals surface area (Å²) in [7, 11) is 0. The first-order chi connectivity index (χ1) is 11.0. The molecule has 0 aliphatic carbocycles. The summed E-state index contributed by atoms with van der Waals surface area (Å²) >= 11 is 6.04. The Hall–Kier alpha value is -2.01. The molecule has 0 fully saturated rings. The van der Waals surface area contributed by atoms with E-state index in [4.69, 9.17) is 16.3 Å². The van der Waals surface area contributed by atoms with Gasteiger partial charge < -0.3 is 14.6 Å². The van der Waals surface area contributed by atoms with Crippen molar-refractivity contribution in [2.75, 3.05) is 0 Å². The van der Waals surface area contributed by atoms with Crippen LogP contribution in [0.5, 0.6) is 5.75 Å². The molecule has 1 aromatic heterocycles. The number of rotatable bonds is 4. The van der Waals surface area contributed by atoms with Crippen LogP contribution < -0.4 is 10.1 Å². The molecule has 0 bridgehead atoms. The minimum Gasteiger partial charge on any atom is -0.490 e. The van der Waals surface area contributed by atoms with Gasteiger partial charge in [-0.1, -0.05) is 11.6 Å². The Labute approximate surface area is 140 Å². The molecule has 0 spiro atoms. The van der Waals surface area contributed by atoms with E-state index in [9.17, 15) is 4.79 Å². The third-order valence-corrected chi connectivity index (χ3v) is 4.05. The van der Waals surface area contributed by atoms with Crippen LogP contribution >= 0.6 is 11.6 Å². The van der Waals surface area contributed by atoms with Crippen LogP contribution in [0.15, 0.2) is 30.6 Å². The lowest BCUT2D eigenvalue weighted by Crippen LogP contribution is -2.41. The molecule has 1 amide bonds. The Morgan fingerprint density at radius 2 is 2.30 bits per heavy atom. The fourth-order valence-electron chi connectivity index (χ4n) is 2.78. The summed E-state index contributed by atoms with van der Waals surface area (Å²) in [6.45, 7) is 4.60. The number of halogens is 1. The normalized spacial score (nSPS) is 17.0. The van der Waals surface area contributed by atoms with Crippen molar-refractivity contribution in [3.8, 4) is 5.75 Å². The molecule has 23 heavy (non-hydrogen) atoms. The Morgan fingerprint density at radius 3 is 3.09 bits per heavy atom. The lowest BCUT2D eigenvalue weighted by atomic mass is 10.1. The topological polar surface area (TPSA) is 56.1 Å². The van der Waals surface area contributed by atoms with Gasteiger partial charge in [0, 0.05) is 36.4 Å². The molecule has 2 heterocycles. The van der Waals surface area contributed by atoms with Crippen molar-refractivity contribution >= 4 is 17.5 Å². The zero-order valence-electron chi connectivity index (χ0n) is 13.3. The summed E-state index contributed by atoms with van der Waals surface area (Å²) in [5, 5.41) is 3.60. The highest BCUT2D eigenvalue weighted by atomic mass is 35.5. The van der Waals surface area contributed by atoms with Crippen molar-refractivity contribution in [2.24, 2.45) is 0 Å². The maximum absolute atomic E-state index is 12.6. The predicted molar refractivity (Wildman–Crippen MR) is 89.0 cm³/mol. The van der Waals surface area contributed by atoms with Crippen molar-refractivity contribution < 1.29 is 9.53 Å². The number of aromatic nitrogens is 2. The van der Waals surface area contributed by atoms with E-state index < -0.39 is 0 Å². The van der Waals surface area contributed by atoms with E-state index in [1.807, 2.05) is 20.0 Å². The van der Waals surface area contributed by atoms with E-state index in [0.717, 1.165) is 25.2 Å². The molecule has 5 nitrogen and oxygen atoms in total. The molecule has 1 atom stereocenters. The Morgan fingerprint density at radius 1 is 1.48 bits per heavy atom. The summed E-state index contributed by atoms with van der Waals surface area (Å²) in [4.78, 5) is 16.9. The van der Waals surface area contributed by atoms with Crippen LogP contribution in [0.3, 0.4) is 0 Å². The number of aryl methyl sites for hydroxylation is 1. The minimum absolute atomic E-state index is 0.00841. The lowest BCUT2D eigenvalue weighted by molar-refractivity contribution is 0.0921. The Bertz CT molecular complexity index is 712. The van der Waals surface area contributed by atoms with Gasteiger partial charge in [0.15, 0.2) is 0 Å². The van der Waals surface area contributed by atoms with Crippen molar-refractivity contribution in [1.29, 1.82) is 0 Å². The number of amides is 1. The van der Waals surface area contributed by atoms with Crippen LogP contribution in [0.4, 0.5) is 0 Å². The molecule has 0 saturated heterocycles. The van der Waals surface area contributed by atoms with E-state index >= 15 is 0 Å². The molecule has 2 aromatic rings. The summed E-state index contributed by atoms with van der Waals surface area (Å²) in [5.41, 5.74) is 0.475. The number of hydrogen-bond donors (Lipinski definition) is 1. The maximum Gasteiger partial charge on any atom is 0.255 e. The second-order valence-corrected chi connectivity index (χ2v) is 6.45. The van der Waals surface area contributed by atoms with Crippen molar-refractivity contribution in [2.45, 2.75) is 45.4 Å². The number of benzene rings is 1. The van der Waals surface area contributed by atoms with Gasteiger partial charge >= 0.3 is 0 Å². The summed E-state index contributed by atoms with van der Waals surface area (Å²) in [6.07, 6.45) is 5.48. The zero-order chi connectivity index (χ0) is 16.4. The number of hydrogen-bond acceptors (Lipinski definition) is 3. The number of fused-ring (bicyclic) bond motifs is 1. The maximum atomic E-state index is 12.6. The molecule has 1 aromatic carbocycles. The molecule has 6 heteroatoms. The lowest BCUT2D eigenvalue weighted by Gasteiger charge is -2.25. The number of carbonyl (C=O) groups excluding carboxylic acids is 1. The summed E-state index contributed by atoms with van der Waals surface area (Å²) in [5.74, 6) is 1.47. The van der Waals surface area contributed by atoms with Gasteiger partial charge in [-0.3, -0.25) is 4.79 Å². The molecule has 1 aliphatic heterocycles. The fraction of sp³-hybridized carbons (Fsp3) is 0.412. The highest BCUT2D eigenvalue weighted by Crippen LogP contribution is 2.24. The molecule has 0 radical (unpaired) electrons. The minimum atomic E-state index is -0.156. The SMILES string of the molecule is CC(C)Oc1ccc(Cl)cc1C(=O)NC1CCc2nccn2C1. The van der Waals surface area contributed by atoms with E-state index in [2.05, 4.69) is 14.9 Å². The fourth-order valence-corrected chi connectivity index (χ4v) is 2.96. The van der Waals surface area contributed by atoms with Crippen LogP contribution in [0.25, 0.3) is 0 Å². The van der Waals surface area contributed by atoms with Crippen molar-refractivity contribution in [3.05, 3.63) is 47.0 Å². The average Bonchev–Trinajstić information content (AvgIpc) is 2.96. The molecular weight excluding hydrogens is 314 g/mol. The molecule has 0 saturated carbocycles. The van der Waals surface area contributed by atoms with Gasteiger partial charge in [0.05, 0.1) is 11.7 Å². The monoisotopic (exact) mass is 333 g/mol. The van der Waals surface area contributed by atoms with Crippen LogP contribution in [0.2, 0.25) is 5.02 Å². The van der Waals surface area contributed by atoms with Gasteiger partial charge in [-0.2, -0.15) is 0 Å². The van der Waals surface area contributed by atoms with Crippen molar-refractivity contribution in [3.63, 3.8) is 0 Å². The number of nitrogens with one attached hydrogen (secondary N) is 1. The van der Waals surface area contributed by atoms with Gasteiger partial charge in [-0.05, 0) is 38.5 Å². The standard InChI is InChI=1S/C17H20ClN3O2/c1-11(2)23-15-5-3-12(18)9-14(15)17(22)20-13-4-6-16-19-7-8-21(16)10-13/h3,5,7-9,11,13H,4,6,10H2,1-2H3,(H,20,22). The van der Waals surface area contributed by atoms with E-state index in [1.165, 1.54) is 0 Å². The third-order valence-electron chi connectivity index (χ3n) is 3.82. The molecule has 3 rings (SSSR count). The van der Waals surface area contributed by atoms with Gasteiger partial charge in [-0.25, -0.2) is 4.98 Å². The third kappa shape index (κ3) is 3.67. The largest absolute Gasteiger partial charge is 0.490 e. The van der Waals surface area contributed by atoms with Gasteiger partial charge in [0.2, 0.25) is 0 Å². The molecule has 1 unspecified atom stereocenters. The highest BCUT2D eigenvalue weighted by Gasteiger charge is 2.22. The molecule has 122 valence electrons. The van der Waals surface area contributed by atoms with Crippen LogP contribution in [0.1, 0.15) is 36.5 Å². The zero-order valence-corrected chi connectivity index (χ0v) is 14.0. The molecule has 1 aliphatic rings. The van der Waals surface area contributed by atoms with Gasteiger partial charge in [-0.15, -0.1) is 0 Å². The van der Waals surface area contributed by atoms with Crippen LogP contribution in [-0.4, -0.2) is 27.6 Å². The van der Waals surface area contributed by atoms with Crippen LogP contribution in [-0.2, 0) is 13.0 Å². The van der Waals surface area contributed by atoms with E-state index in [-0.39, 0.29) is 18.1 Å². The quantitative estimate of drug-likeness (QED) is 0.935.